The summed E-state index contributed by atoms with van der Waals surface area (Å²) in [5.41, 5.74) is 2.06. The molecule has 3 aromatic rings. The molecule has 1 saturated heterocycles. The Hall–Kier alpha value is -2.54. The molecule has 3 heterocycles. The lowest BCUT2D eigenvalue weighted by Gasteiger charge is -2.23. The van der Waals surface area contributed by atoms with Crippen molar-refractivity contribution in [3.8, 4) is 0 Å². The topological polar surface area (TPSA) is 67.7 Å². The molecule has 1 aliphatic rings. The van der Waals surface area contributed by atoms with Crippen LogP contribution in [0.25, 0.3) is 11.0 Å². The van der Waals surface area contributed by atoms with Gasteiger partial charge in [0.1, 0.15) is 18.0 Å². The second-order valence-corrected chi connectivity index (χ2v) is 6.14. The highest BCUT2D eigenvalue weighted by Gasteiger charge is 2.20. The van der Waals surface area contributed by atoms with Gasteiger partial charge in [-0.25, -0.2) is 19.0 Å². The summed E-state index contributed by atoms with van der Waals surface area (Å²) >= 11 is 0. The molecule has 1 aromatic carbocycles. The van der Waals surface area contributed by atoms with Crippen molar-refractivity contribution in [2.24, 2.45) is 0 Å². The molecule has 0 bridgehead atoms. The Labute approximate surface area is 139 Å². The van der Waals surface area contributed by atoms with Crippen LogP contribution >= 0.6 is 0 Å². The van der Waals surface area contributed by atoms with Gasteiger partial charge in [-0.2, -0.15) is 5.10 Å². The van der Waals surface area contributed by atoms with E-state index in [1.807, 2.05) is 17.7 Å². The molecule has 0 amide bonds. The number of benzene rings is 1. The quantitative estimate of drug-likeness (QED) is 0.774. The third-order valence-electron chi connectivity index (χ3n) is 4.42. The Kier molecular flexibility index (Phi) is 3.86. The van der Waals surface area contributed by atoms with Gasteiger partial charge in [0.05, 0.1) is 23.3 Å². The Bertz CT molecular complexity index is 869. The lowest BCUT2D eigenvalue weighted by molar-refractivity contribution is 0.349. The summed E-state index contributed by atoms with van der Waals surface area (Å²) in [5.74, 6) is 0.274. The van der Waals surface area contributed by atoms with Gasteiger partial charge >= 0.3 is 0 Å². The average Bonchev–Trinajstić information content (AvgIpc) is 3.03. The van der Waals surface area contributed by atoms with Crippen LogP contribution in [0.5, 0.6) is 0 Å². The van der Waals surface area contributed by atoms with E-state index in [2.05, 4.69) is 25.7 Å². The summed E-state index contributed by atoms with van der Waals surface area (Å²) in [6.45, 7) is 3.83. The second-order valence-electron chi connectivity index (χ2n) is 6.14. The van der Waals surface area contributed by atoms with E-state index in [9.17, 15) is 4.39 Å². The zero-order valence-electron chi connectivity index (χ0n) is 13.5. The molecule has 7 heteroatoms. The third-order valence-corrected chi connectivity index (χ3v) is 4.42. The summed E-state index contributed by atoms with van der Waals surface area (Å²) in [5, 5.41) is 11.7. The third kappa shape index (κ3) is 2.71. The Morgan fingerprint density at radius 3 is 2.88 bits per heavy atom. The van der Waals surface area contributed by atoms with Crippen molar-refractivity contribution >= 4 is 22.5 Å². The number of hydrogen-bond acceptors (Lipinski definition) is 5. The summed E-state index contributed by atoms with van der Waals surface area (Å²) in [6, 6.07) is 5.42. The number of hydrogen-bond donors (Lipinski definition) is 2. The second kappa shape index (κ2) is 6.16. The van der Waals surface area contributed by atoms with E-state index in [-0.39, 0.29) is 5.82 Å². The van der Waals surface area contributed by atoms with Gasteiger partial charge in [0.15, 0.2) is 5.65 Å². The normalized spacial score (nSPS) is 15.8. The summed E-state index contributed by atoms with van der Waals surface area (Å²) in [6.07, 6.45) is 5.30. The zero-order valence-corrected chi connectivity index (χ0v) is 13.5. The van der Waals surface area contributed by atoms with Crippen LogP contribution in [0, 0.1) is 12.7 Å². The zero-order chi connectivity index (χ0) is 16.5. The highest BCUT2D eigenvalue weighted by Crippen LogP contribution is 2.28. The van der Waals surface area contributed by atoms with Crippen molar-refractivity contribution in [3.05, 3.63) is 42.1 Å². The van der Waals surface area contributed by atoms with Crippen LogP contribution in [0.2, 0.25) is 0 Å². The van der Waals surface area contributed by atoms with Gasteiger partial charge in [-0.05, 0) is 50.6 Å². The fourth-order valence-corrected chi connectivity index (χ4v) is 3.13. The number of piperidine rings is 1. The highest BCUT2D eigenvalue weighted by molar-refractivity contribution is 5.88. The standard InChI is InChI=1S/C17H19FN6/c1-11-2-3-15(14(18)8-11)23-16-13-9-22-24(17(13)21-10-20-16)12-4-6-19-7-5-12/h2-3,8-10,12,19H,4-7H2,1H3,(H,20,21,23). The molecule has 2 N–H and O–H groups in total. The highest BCUT2D eigenvalue weighted by atomic mass is 19.1. The maximum Gasteiger partial charge on any atom is 0.163 e. The van der Waals surface area contributed by atoms with E-state index in [1.165, 1.54) is 12.4 Å². The van der Waals surface area contributed by atoms with Crippen molar-refractivity contribution in [2.45, 2.75) is 25.8 Å². The van der Waals surface area contributed by atoms with E-state index < -0.39 is 0 Å². The molecule has 0 aliphatic carbocycles. The number of aromatic nitrogens is 4. The summed E-state index contributed by atoms with van der Waals surface area (Å²) in [4.78, 5) is 8.66. The maximum atomic E-state index is 14.1. The summed E-state index contributed by atoms with van der Waals surface area (Å²) < 4.78 is 16.1. The number of aryl methyl sites for hydroxylation is 1. The van der Waals surface area contributed by atoms with Crippen molar-refractivity contribution in [3.63, 3.8) is 0 Å². The van der Waals surface area contributed by atoms with Gasteiger partial charge in [-0.3, -0.25) is 0 Å². The smallest absolute Gasteiger partial charge is 0.163 e. The van der Waals surface area contributed by atoms with Gasteiger partial charge < -0.3 is 10.6 Å². The van der Waals surface area contributed by atoms with Crippen LogP contribution in [0.15, 0.2) is 30.7 Å². The molecular formula is C17H19FN6. The van der Waals surface area contributed by atoms with Crippen LogP contribution < -0.4 is 10.6 Å². The molecule has 4 rings (SSSR count). The Morgan fingerprint density at radius 1 is 1.25 bits per heavy atom. The molecule has 0 radical (unpaired) electrons. The number of rotatable bonds is 3. The van der Waals surface area contributed by atoms with Crippen molar-refractivity contribution in [1.82, 2.24) is 25.1 Å². The molecule has 0 saturated carbocycles. The van der Waals surface area contributed by atoms with Crippen molar-refractivity contribution in [2.75, 3.05) is 18.4 Å². The Balaban J connectivity index is 1.70. The largest absolute Gasteiger partial charge is 0.337 e. The van der Waals surface area contributed by atoms with Gasteiger partial charge in [0.2, 0.25) is 0 Å². The first-order chi connectivity index (χ1) is 11.7. The van der Waals surface area contributed by atoms with E-state index >= 15 is 0 Å². The molecule has 0 atom stereocenters. The van der Waals surface area contributed by atoms with Crippen LogP contribution in [-0.4, -0.2) is 32.8 Å². The first-order valence-electron chi connectivity index (χ1n) is 8.14. The number of fused-ring (bicyclic) bond motifs is 1. The molecule has 0 spiro atoms. The first-order valence-corrected chi connectivity index (χ1v) is 8.14. The molecule has 1 aliphatic heterocycles. The number of halogens is 1. The van der Waals surface area contributed by atoms with Gasteiger partial charge in [-0.15, -0.1) is 0 Å². The van der Waals surface area contributed by atoms with Crippen LogP contribution in [0.3, 0.4) is 0 Å². The minimum atomic E-state index is -0.299. The van der Waals surface area contributed by atoms with Crippen LogP contribution in [-0.2, 0) is 0 Å². The monoisotopic (exact) mass is 326 g/mol. The first kappa shape index (κ1) is 15.0. The molecular weight excluding hydrogens is 307 g/mol. The van der Waals surface area contributed by atoms with Crippen molar-refractivity contribution < 1.29 is 4.39 Å². The van der Waals surface area contributed by atoms with Gasteiger partial charge in [0, 0.05) is 0 Å². The van der Waals surface area contributed by atoms with Crippen LogP contribution in [0.1, 0.15) is 24.4 Å². The van der Waals surface area contributed by atoms with E-state index in [4.69, 9.17) is 0 Å². The van der Waals surface area contributed by atoms with Gasteiger partial charge in [0.25, 0.3) is 0 Å². The fourth-order valence-electron chi connectivity index (χ4n) is 3.13. The molecule has 24 heavy (non-hydrogen) atoms. The SMILES string of the molecule is Cc1ccc(Nc2ncnc3c2cnn3C2CCNCC2)c(F)c1. The predicted molar refractivity (Wildman–Crippen MR) is 90.9 cm³/mol. The van der Waals surface area contributed by atoms with Gasteiger partial charge in [-0.1, -0.05) is 6.07 Å². The minimum Gasteiger partial charge on any atom is -0.337 e. The Morgan fingerprint density at radius 2 is 2.08 bits per heavy atom. The molecule has 2 aromatic heterocycles. The molecule has 6 nitrogen and oxygen atoms in total. The van der Waals surface area contributed by atoms with Crippen LogP contribution in [0.4, 0.5) is 15.9 Å². The van der Waals surface area contributed by atoms with E-state index in [1.54, 1.807) is 12.3 Å². The maximum absolute atomic E-state index is 14.1. The van der Waals surface area contributed by atoms with E-state index in [0.29, 0.717) is 17.5 Å². The fraction of sp³-hybridized carbons (Fsp3) is 0.353. The lowest BCUT2D eigenvalue weighted by Crippen LogP contribution is -2.29. The number of anilines is 2. The summed E-state index contributed by atoms with van der Waals surface area (Å²) in [7, 11) is 0. The average molecular weight is 326 g/mol. The number of nitrogens with zero attached hydrogens (tertiary/aromatic N) is 4. The molecule has 1 fully saturated rings. The lowest BCUT2D eigenvalue weighted by atomic mass is 10.1. The predicted octanol–water partition coefficient (Wildman–Crippen LogP) is 2.94. The number of nitrogens with one attached hydrogen (secondary N) is 2. The van der Waals surface area contributed by atoms with E-state index in [0.717, 1.165) is 42.5 Å². The molecule has 124 valence electrons. The minimum absolute atomic E-state index is 0.299. The van der Waals surface area contributed by atoms with Crippen molar-refractivity contribution in [1.29, 1.82) is 0 Å². The molecule has 0 unspecified atom stereocenters.